The Hall–Kier alpha value is -1.75. The Morgan fingerprint density at radius 1 is 1.37 bits per heavy atom. The number of carbonyl (C=O) groups excluding carboxylic acids is 1. The molecule has 1 amide bonds. The molecule has 1 saturated heterocycles. The first kappa shape index (κ1) is 12.3. The number of hydrogen-bond donors (Lipinski definition) is 1. The lowest BCUT2D eigenvalue weighted by Gasteiger charge is -2.15. The molecule has 1 atom stereocenters. The van der Waals surface area contributed by atoms with Crippen LogP contribution < -0.4 is 9.47 Å². The number of aliphatic hydroxyl groups is 1. The maximum atomic E-state index is 12.0. The van der Waals surface area contributed by atoms with Crippen LogP contribution in [-0.2, 0) is 11.2 Å². The molecule has 1 N–H and O–H groups in total. The molecule has 2 aliphatic heterocycles. The molecule has 2 aliphatic rings. The van der Waals surface area contributed by atoms with Crippen LogP contribution in [0.2, 0.25) is 0 Å². The molecular formula is C14H17NO4. The van der Waals surface area contributed by atoms with E-state index in [2.05, 4.69) is 0 Å². The van der Waals surface area contributed by atoms with Gasteiger partial charge in [-0.15, -0.1) is 0 Å². The number of β-amino-alcohol motifs (C(OH)–C–C–N with tert-alkyl or cyclic N) is 1. The second-order valence-corrected chi connectivity index (χ2v) is 4.97. The average molecular weight is 263 g/mol. The second-order valence-electron chi connectivity index (χ2n) is 4.97. The van der Waals surface area contributed by atoms with E-state index in [1.54, 1.807) is 4.90 Å². The molecule has 0 aliphatic carbocycles. The molecule has 2 heterocycles. The van der Waals surface area contributed by atoms with Crippen LogP contribution in [0.4, 0.5) is 0 Å². The zero-order valence-electron chi connectivity index (χ0n) is 10.7. The summed E-state index contributed by atoms with van der Waals surface area (Å²) in [5.41, 5.74) is 1.07. The van der Waals surface area contributed by atoms with Crippen molar-refractivity contribution in [1.29, 1.82) is 0 Å². The molecule has 3 rings (SSSR count). The number of nitrogens with zero attached hydrogens (tertiary/aromatic N) is 1. The van der Waals surface area contributed by atoms with Gasteiger partial charge in [-0.2, -0.15) is 0 Å². The second kappa shape index (κ2) is 5.09. The number of aliphatic hydroxyl groups excluding tert-OH is 1. The quantitative estimate of drug-likeness (QED) is 0.881. The van der Waals surface area contributed by atoms with Gasteiger partial charge >= 0.3 is 0 Å². The zero-order chi connectivity index (χ0) is 13.2. The van der Waals surface area contributed by atoms with Gasteiger partial charge in [-0.25, -0.2) is 0 Å². The van der Waals surface area contributed by atoms with Crippen molar-refractivity contribution in [3.8, 4) is 11.5 Å². The number of aryl methyl sites for hydroxylation is 1. The standard InChI is InChI=1S/C14H17NO4/c16-11-5-6-15(8-11)14(17)4-2-10-1-3-12-13(7-10)19-9-18-12/h1,3,7,11,16H,2,4-6,8-9H2/t11-/m0/s1. The van der Waals surface area contributed by atoms with Gasteiger partial charge < -0.3 is 19.5 Å². The van der Waals surface area contributed by atoms with Crippen molar-refractivity contribution in [2.45, 2.75) is 25.4 Å². The van der Waals surface area contributed by atoms with Crippen LogP contribution in [-0.4, -0.2) is 41.9 Å². The Morgan fingerprint density at radius 2 is 2.21 bits per heavy atom. The lowest BCUT2D eigenvalue weighted by molar-refractivity contribution is -0.130. The van der Waals surface area contributed by atoms with Crippen molar-refractivity contribution < 1.29 is 19.4 Å². The highest BCUT2D eigenvalue weighted by atomic mass is 16.7. The largest absolute Gasteiger partial charge is 0.454 e. The predicted octanol–water partition coefficient (Wildman–Crippen LogP) is 0.941. The van der Waals surface area contributed by atoms with E-state index in [1.807, 2.05) is 18.2 Å². The van der Waals surface area contributed by atoms with Crippen LogP contribution in [0.15, 0.2) is 18.2 Å². The van der Waals surface area contributed by atoms with Crippen molar-refractivity contribution in [2.24, 2.45) is 0 Å². The van der Waals surface area contributed by atoms with Gasteiger partial charge in [-0.3, -0.25) is 4.79 Å². The topological polar surface area (TPSA) is 59.0 Å². The Bertz CT molecular complexity index is 488. The molecule has 0 unspecified atom stereocenters. The highest BCUT2D eigenvalue weighted by Crippen LogP contribution is 2.32. The molecule has 0 saturated carbocycles. The van der Waals surface area contributed by atoms with Gasteiger partial charge in [0.2, 0.25) is 12.7 Å². The number of fused-ring (bicyclic) bond motifs is 1. The summed E-state index contributed by atoms with van der Waals surface area (Å²) in [6.45, 7) is 1.41. The number of carbonyl (C=O) groups is 1. The predicted molar refractivity (Wildman–Crippen MR) is 68.1 cm³/mol. The molecule has 5 nitrogen and oxygen atoms in total. The fourth-order valence-electron chi connectivity index (χ4n) is 2.47. The van der Waals surface area contributed by atoms with Crippen LogP contribution in [0.1, 0.15) is 18.4 Å². The number of rotatable bonds is 3. The zero-order valence-corrected chi connectivity index (χ0v) is 10.7. The highest BCUT2D eigenvalue weighted by molar-refractivity contribution is 5.76. The normalized spacial score (nSPS) is 20.9. The fourth-order valence-corrected chi connectivity index (χ4v) is 2.47. The van der Waals surface area contributed by atoms with Crippen molar-refractivity contribution in [3.05, 3.63) is 23.8 Å². The summed E-state index contributed by atoms with van der Waals surface area (Å²) in [5.74, 6) is 1.62. The molecule has 0 bridgehead atoms. The summed E-state index contributed by atoms with van der Waals surface area (Å²) in [6.07, 6.45) is 1.49. The van der Waals surface area contributed by atoms with Crippen LogP contribution in [0.25, 0.3) is 0 Å². The lowest BCUT2D eigenvalue weighted by atomic mass is 10.1. The first-order valence-corrected chi connectivity index (χ1v) is 6.57. The summed E-state index contributed by atoms with van der Waals surface area (Å²) in [5, 5.41) is 9.42. The van der Waals surface area contributed by atoms with Crippen molar-refractivity contribution in [2.75, 3.05) is 19.9 Å². The number of ether oxygens (including phenoxy) is 2. The number of benzene rings is 1. The summed E-state index contributed by atoms with van der Waals surface area (Å²) in [4.78, 5) is 13.7. The van der Waals surface area contributed by atoms with Crippen LogP contribution >= 0.6 is 0 Å². The molecule has 1 fully saturated rings. The van der Waals surface area contributed by atoms with Crippen molar-refractivity contribution in [3.63, 3.8) is 0 Å². The van der Waals surface area contributed by atoms with Crippen molar-refractivity contribution in [1.82, 2.24) is 4.90 Å². The smallest absolute Gasteiger partial charge is 0.231 e. The van der Waals surface area contributed by atoms with Crippen LogP contribution in [0.3, 0.4) is 0 Å². The Labute approximate surface area is 111 Å². The van der Waals surface area contributed by atoms with E-state index in [-0.39, 0.29) is 18.8 Å². The Balaban J connectivity index is 1.56. The summed E-state index contributed by atoms with van der Waals surface area (Å²) >= 11 is 0. The van der Waals surface area contributed by atoms with Crippen LogP contribution in [0, 0.1) is 0 Å². The molecule has 102 valence electrons. The average Bonchev–Trinajstić information content (AvgIpc) is 3.03. The molecule has 1 aromatic rings. The summed E-state index contributed by atoms with van der Waals surface area (Å²) < 4.78 is 10.6. The minimum atomic E-state index is -0.352. The highest BCUT2D eigenvalue weighted by Gasteiger charge is 2.24. The number of hydrogen-bond acceptors (Lipinski definition) is 4. The molecule has 0 aromatic heterocycles. The summed E-state index contributed by atoms with van der Waals surface area (Å²) in [6, 6.07) is 5.76. The maximum absolute atomic E-state index is 12.0. The third-order valence-corrected chi connectivity index (χ3v) is 3.58. The van der Waals surface area contributed by atoms with E-state index >= 15 is 0 Å². The van der Waals surface area contributed by atoms with Gasteiger partial charge in [0.25, 0.3) is 0 Å². The van der Waals surface area contributed by atoms with Gasteiger partial charge in [0.15, 0.2) is 11.5 Å². The van der Waals surface area contributed by atoms with E-state index < -0.39 is 0 Å². The fraction of sp³-hybridized carbons (Fsp3) is 0.500. The van der Waals surface area contributed by atoms with E-state index in [0.717, 1.165) is 17.1 Å². The van der Waals surface area contributed by atoms with Gasteiger partial charge in [0.1, 0.15) is 0 Å². The van der Waals surface area contributed by atoms with E-state index in [1.165, 1.54) is 0 Å². The monoisotopic (exact) mass is 263 g/mol. The van der Waals surface area contributed by atoms with E-state index in [4.69, 9.17) is 9.47 Å². The Morgan fingerprint density at radius 3 is 3.00 bits per heavy atom. The molecule has 19 heavy (non-hydrogen) atoms. The van der Waals surface area contributed by atoms with Gasteiger partial charge in [-0.1, -0.05) is 6.07 Å². The molecule has 0 spiro atoms. The van der Waals surface area contributed by atoms with Crippen molar-refractivity contribution >= 4 is 5.91 Å². The van der Waals surface area contributed by atoms with E-state index in [9.17, 15) is 9.90 Å². The minimum Gasteiger partial charge on any atom is -0.454 e. The Kier molecular flexibility index (Phi) is 3.29. The molecular weight excluding hydrogens is 246 g/mol. The molecule has 1 aromatic carbocycles. The van der Waals surface area contributed by atoms with Gasteiger partial charge in [-0.05, 0) is 30.5 Å². The lowest BCUT2D eigenvalue weighted by Crippen LogP contribution is -2.29. The third kappa shape index (κ3) is 2.66. The van der Waals surface area contributed by atoms with Gasteiger partial charge in [0, 0.05) is 19.5 Å². The van der Waals surface area contributed by atoms with Gasteiger partial charge in [0.05, 0.1) is 6.10 Å². The maximum Gasteiger partial charge on any atom is 0.231 e. The number of amides is 1. The van der Waals surface area contributed by atoms with Crippen LogP contribution in [0.5, 0.6) is 11.5 Å². The minimum absolute atomic E-state index is 0.106. The number of likely N-dealkylation sites (tertiary alicyclic amines) is 1. The van der Waals surface area contributed by atoms with E-state index in [0.29, 0.717) is 32.4 Å². The third-order valence-electron chi connectivity index (χ3n) is 3.58. The summed E-state index contributed by atoms with van der Waals surface area (Å²) in [7, 11) is 0. The molecule has 0 radical (unpaired) electrons. The first-order valence-electron chi connectivity index (χ1n) is 6.57. The first-order chi connectivity index (χ1) is 9.22. The molecule has 5 heteroatoms. The SMILES string of the molecule is O=C(CCc1ccc2c(c1)OCO2)N1CC[C@H](O)C1.